The second-order valence-corrected chi connectivity index (χ2v) is 8.83. The molecule has 6 heteroatoms. The van der Waals surface area contributed by atoms with E-state index < -0.39 is 9.84 Å². The number of piperidine rings is 1. The lowest BCUT2D eigenvalue weighted by Crippen LogP contribution is -2.43. The first kappa shape index (κ1) is 17.9. The number of carbonyl (C=O) groups excluding carboxylic acids is 1. The summed E-state index contributed by atoms with van der Waals surface area (Å²) in [5.74, 6) is -0.344. The molecule has 0 unspecified atom stereocenters. The smallest absolute Gasteiger partial charge is 0.221 e. The van der Waals surface area contributed by atoms with Gasteiger partial charge in [-0.1, -0.05) is 30.3 Å². The number of likely N-dealkylation sites (tertiary alicyclic amines) is 1. The van der Waals surface area contributed by atoms with Gasteiger partial charge in [-0.15, -0.1) is 0 Å². The number of benzene rings is 2. The Balaban J connectivity index is 1.59. The zero-order valence-electron chi connectivity index (χ0n) is 14.4. The van der Waals surface area contributed by atoms with Gasteiger partial charge < -0.3 is 10.2 Å². The Morgan fingerprint density at radius 3 is 2.52 bits per heavy atom. The van der Waals surface area contributed by atoms with Crippen LogP contribution in [-0.4, -0.2) is 51.2 Å². The maximum absolute atomic E-state index is 12.5. The second-order valence-electron chi connectivity index (χ2n) is 6.72. The van der Waals surface area contributed by atoms with Crippen molar-refractivity contribution in [3.8, 4) is 0 Å². The Bertz CT molecular complexity index is 856. The topological polar surface area (TPSA) is 66.5 Å². The van der Waals surface area contributed by atoms with Crippen LogP contribution in [0.3, 0.4) is 0 Å². The summed E-state index contributed by atoms with van der Waals surface area (Å²) in [4.78, 5) is 14.6. The van der Waals surface area contributed by atoms with Gasteiger partial charge in [-0.25, -0.2) is 8.42 Å². The standard InChI is InChI=1S/C19H24N2O3S/c1-21-11-8-17(9-12-21)20-19(22)10-13-25(23,24)18-7-6-15-4-2-3-5-16(15)14-18/h2-7,14,17H,8-13H2,1H3,(H,20,22). The zero-order chi connectivity index (χ0) is 17.9. The third-order valence-electron chi connectivity index (χ3n) is 4.76. The van der Waals surface area contributed by atoms with Crippen molar-refractivity contribution in [1.29, 1.82) is 0 Å². The summed E-state index contributed by atoms with van der Waals surface area (Å²) in [6.07, 6.45) is 1.83. The quantitative estimate of drug-likeness (QED) is 0.888. The molecule has 0 radical (unpaired) electrons. The van der Waals surface area contributed by atoms with Crippen molar-refractivity contribution < 1.29 is 13.2 Å². The zero-order valence-corrected chi connectivity index (χ0v) is 15.3. The molecule has 1 amide bonds. The molecule has 5 nitrogen and oxygen atoms in total. The molecule has 1 aliphatic rings. The molecule has 3 rings (SSSR count). The molecular weight excluding hydrogens is 336 g/mol. The number of sulfone groups is 1. The van der Waals surface area contributed by atoms with Crippen LogP contribution in [0.15, 0.2) is 47.4 Å². The average molecular weight is 360 g/mol. The molecule has 0 bridgehead atoms. The molecule has 1 aliphatic heterocycles. The van der Waals surface area contributed by atoms with E-state index in [0.717, 1.165) is 36.7 Å². The van der Waals surface area contributed by atoms with Crippen LogP contribution >= 0.6 is 0 Å². The highest BCUT2D eigenvalue weighted by molar-refractivity contribution is 7.91. The summed E-state index contributed by atoms with van der Waals surface area (Å²) in [6, 6.07) is 12.9. The molecule has 1 N–H and O–H groups in total. The van der Waals surface area contributed by atoms with Crippen LogP contribution in [0.25, 0.3) is 10.8 Å². The van der Waals surface area contributed by atoms with Crippen molar-refractivity contribution in [2.45, 2.75) is 30.2 Å². The summed E-state index contributed by atoms with van der Waals surface area (Å²) in [6.45, 7) is 1.92. The summed E-state index contributed by atoms with van der Waals surface area (Å²) in [5.41, 5.74) is 0. The van der Waals surface area contributed by atoms with Gasteiger partial charge in [0, 0.05) is 12.5 Å². The highest BCUT2D eigenvalue weighted by Gasteiger charge is 2.21. The molecule has 1 fully saturated rings. The molecule has 1 saturated heterocycles. The Morgan fingerprint density at radius 2 is 1.80 bits per heavy atom. The molecule has 25 heavy (non-hydrogen) atoms. The van der Waals surface area contributed by atoms with Crippen molar-refractivity contribution in [2.24, 2.45) is 0 Å². The second kappa shape index (κ2) is 7.54. The lowest BCUT2D eigenvalue weighted by Gasteiger charge is -2.29. The third kappa shape index (κ3) is 4.58. The SMILES string of the molecule is CN1CCC(NC(=O)CCS(=O)(=O)c2ccc3ccccc3c2)CC1. The minimum Gasteiger partial charge on any atom is -0.353 e. The van der Waals surface area contributed by atoms with Crippen LogP contribution in [0.2, 0.25) is 0 Å². The Labute approximate surface area is 148 Å². The van der Waals surface area contributed by atoms with Gasteiger partial charge in [-0.3, -0.25) is 4.79 Å². The van der Waals surface area contributed by atoms with Crippen molar-refractivity contribution in [2.75, 3.05) is 25.9 Å². The van der Waals surface area contributed by atoms with E-state index in [4.69, 9.17) is 0 Å². The van der Waals surface area contributed by atoms with Crippen molar-refractivity contribution in [1.82, 2.24) is 10.2 Å². The maximum atomic E-state index is 12.5. The number of hydrogen-bond acceptors (Lipinski definition) is 4. The van der Waals surface area contributed by atoms with Crippen molar-refractivity contribution in [3.63, 3.8) is 0 Å². The van der Waals surface area contributed by atoms with E-state index in [1.54, 1.807) is 18.2 Å². The van der Waals surface area contributed by atoms with Gasteiger partial charge in [0.05, 0.1) is 10.6 Å². The van der Waals surface area contributed by atoms with Crippen LogP contribution in [0.5, 0.6) is 0 Å². The fourth-order valence-corrected chi connectivity index (χ4v) is 4.43. The Kier molecular flexibility index (Phi) is 5.39. The predicted molar refractivity (Wildman–Crippen MR) is 99.3 cm³/mol. The van der Waals surface area contributed by atoms with Crippen LogP contribution in [0.1, 0.15) is 19.3 Å². The molecule has 134 valence electrons. The van der Waals surface area contributed by atoms with E-state index in [1.165, 1.54) is 0 Å². The van der Waals surface area contributed by atoms with Gasteiger partial charge in [-0.05, 0) is 55.9 Å². The fourth-order valence-electron chi connectivity index (χ4n) is 3.16. The summed E-state index contributed by atoms with van der Waals surface area (Å²) < 4.78 is 25.1. The number of nitrogens with zero attached hydrogens (tertiary/aromatic N) is 1. The summed E-state index contributed by atoms with van der Waals surface area (Å²) >= 11 is 0. The summed E-state index contributed by atoms with van der Waals surface area (Å²) in [7, 11) is -1.40. The Morgan fingerprint density at radius 1 is 1.12 bits per heavy atom. The largest absolute Gasteiger partial charge is 0.353 e. The van der Waals surface area contributed by atoms with Crippen LogP contribution in [0, 0.1) is 0 Å². The van der Waals surface area contributed by atoms with Gasteiger partial charge >= 0.3 is 0 Å². The molecule has 2 aromatic rings. The minimum absolute atomic E-state index is 0.00149. The minimum atomic E-state index is -3.47. The monoisotopic (exact) mass is 360 g/mol. The van der Waals surface area contributed by atoms with Gasteiger partial charge in [0.1, 0.15) is 0 Å². The number of carbonyl (C=O) groups is 1. The predicted octanol–water partition coefficient (Wildman–Crippen LogP) is 2.21. The fraction of sp³-hybridized carbons (Fsp3) is 0.421. The number of amides is 1. The maximum Gasteiger partial charge on any atom is 0.221 e. The number of hydrogen-bond donors (Lipinski definition) is 1. The molecule has 0 aliphatic carbocycles. The van der Waals surface area contributed by atoms with E-state index >= 15 is 0 Å². The normalized spacial score (nSPS) is 16.8. The highest BCUT2D eigenvalue weighted by atomic mass is 32.2. The van der Waals surface area contributed by atoms with E-state index in [0.29, 0.717) is 0 Å². The van der Waals surface area contributed by atoms with Gasteiger partial charge in [0.2, 0.25) is 5.91 Å². The first-order chi connectivity index (χ1) is 11.9. The van der Waals surface area contributed by atoms with Crippen molar-refractivity contribution >= 4 is 26.5 Å². The highest BCUT2D eigenvalue weighted by Crippen LogP contribution is 2.20. The molecule has 2 aromatic carbocycles. The third-order valence-corrected chi connectivity index (χ3v) is 6.48. The van der Waals surface area contributed by atoms with Gasteiger partial charge in [-0.2, -0.15) is 0 Å². The number of rotatable bonds is 5. The van der Waals surface area contributed by atoms with Gasteiger partial charge in [0.25, 0.3) is 0 Å². The molecule has 0 aromatic heterocycles. The van der Waals surface area contributed by atoms with Crippen LogP contribution in [-0.2, 0) is 14.6 Å². The summed E-state index contributed by atoms with van der Waals surface area (Å²) in [5, 5.41) is 4.85. The molecule has 0 spiro atoms. The average Bonchev–Trinajstić information content (AvgIpc) is 2.62. The number of nitrogens with one attached hydrogen (secondary N) is 1. The lowest BCUT2D eigenvalue weighted by molar-refractivity contribution is -0.121. The van der Waals surface area contributed by atoms with Gasteiger partial charge in [0.15, 0.2) is 9.84 Å². The molecule has 0 atom stereocenters. The van der Waals surface area contributed by atoms with Crippen molar-refractivity contribution in [3.05, 3.63) is 42.5 Å². The van der Waals surface area contributed by atoms with Crippen LogP contribution < -0.4 is 5.32 Å². The van der Waals surface area contributed by atoms with E-state index in [-0.39, 0.29) is 29.0 Å². The van der Waals surface area contributed by atoms with E-state index in [2.05, 4.69) is 17.3 Å². The molecule has 1 heterocycles. The first-order valence-corrected chi connectivity index (χ1v) is 10.3. The molecular formula is C19H24N2O3S. The number of fused-ring (bicyclic) bond motifs is 1. The first-order valence-electron chi connectivity index (χ1n) is 8.63. The lowest BCUT2D eigenvalue weighted by atomic mass is 10.1. The van der Waals surface area contributed by atoms with Crippen LogP contribution in [0.4, 0.5) is 0 Å². The van der Waals surface area contributed by atoms with E-state index in [1.807, 2.05) is 24.3 Å². The Hall–Kier alpha value is -1.92. The molecule has 0 saturated carbocycles. The van der Waals surface area contributed by atoms with E-state index in [9.17, 15) is 13.2 Å².